The van der Waals surface area contributed by atoms with Crippen molar-refractivity contribution in [1.82, 2.24) is 19.4 Å². The van der Waals surface area contributed by atoms with Crippen molar-refractivity contribution in [1.29, 1.82) is 0 Å². The molecule has 1 unspecified atom stereocenters. The van der Waals surface area contributed by atoms with Crippen molar-refractivity contribution in [3.63, 3.8) is 0 Å². The number of para-hydroxylation sites is 2. The molecule has 274 valence electrons. The lowest BCUT2D eigenvalue weighted by Crippen LogP contribution is -2.35. The summed E-state index contributed by atoms with van der Waals surface area (Å²) in [5, 5.41) is 0.973. The van der Waals surface area contributed by atoms with Crippen LogP contribution in [0.2, 0.25) is 10.0 Å². The van der Waals surface area contributed by atoms with Crippen molar-refractivity contribution < 1.29 is 23.4 Å². The quantitative estimate of drug-likeness (QED) is 0.121. The fourth-order valence-corrected chi connectivity index (χ4v) is 7.24. The molecule has 5 aromatic rings. The third-order valence-electron chi connectivity index (χ3n) is 9.72. The van der Waals surface area contributed by atoms with Gasteiger partial charge in [-0.15, -0.1) is 0 Å². The zero-order valence-electron chi connectivity index (χ0n) is 29.9. The van der Waals surface area contributed by atoms with Gasteiger partial charge < -0.3 is 33.5 Å². The highest BCUT2D eigenvalue weighted by atomic mass is 35.5. The SMILES string of the molecule is COc1cc(C(=O)N(C)CC(CCN2CCCN(c3nc4ccccc4n3Cc3ccc(F)cc3)CC2)c2ccc(Cl)c(Cl)c2)cc(OC)c1OC. The third kappa shape index (κ3) is 8.41. The first kappa shape index (κ1) is 37.3. The predicted molar refractivity (Wildman–Crippen MR) is 205 cm³/mol. The first-order chi connectivity index (χ1) is 25.2. The standard InChI is InChI=1S/C40H44Cl2FN5O4/c1-45(39(49)30-23-36(50-2)38(52-4)37(24-30)51-3)26-29(28-12-15-32(41)33(42)22-28)16-19-46-17-7-18-47(21-20-46)40-44-34-8-5-6-9-35(34)48(40)25-27-10-13-31(43)14-11-27/h5-6,8-15,22-24,29H,7,16-21,25-26H2,1-4H3. The summed E-state index contributed by atoms with van der Waals surface area (Å²) >= 11 is 12.8. The molecule has 1 aliphatic rings. The molecule has 0 spiro atoms. The van der Waals surface area contributed by atoms with Crippen LogP contribution in [0.1, 0.15) is 40.2 Å². The summed E-state index contributed by atoms with van der Waals surface area (Å²) in [7, 11) is 6.39. The number of nitrogens with zero attached hydrogens (tertiary/aromatic N) is 5. The van der Waals surface area contributed by atoms with Crippen LogP contribution in [-0.2, 0) is 6.54 Å². The highest BCUT2D eigenvalue weighted by Crippen LogP contribution is 2.39. The van der Waals surface area contributed by atoms with Gasteiger partial charge in [-0.1, -0.05) is 53.5 Å². The molecule has 1 aliphatic heterocycles. The lowest BCUT2D eigenvalue weighted by molar-refractivity contribution is 0.0782. The van der Waals surface area contributed by atoms with Crippen LogP contribution in [0.5, 0.6) is 17.2 Å². The fraction of sp³-hybridized carbons (Fsp3) is 0.350. The molecule has 6 rings (SSSR count). The Hall–Kier alpha value is -4.51. The van der Waals surface area contributed by atoms with Gasteiger partial charge in [0.2, 0.25) is 11.7 Å². The molecule has 4 aromatic carbocycles. The van der Waals surface area contributed by atoms with E-state index >= 15 is 0 Å². The van der Waals surface area contributed by atoms with E-state index in [4.69, 9.17) is 42.4 Å². The summed E-state index contributed by atoms with van der Waals surface area (Å²) in [5.74, 6) is 1.77. The number of fused-ring (bicyclic) bond motifs is 1. The Bertz CT molecular complexity index is 1980. The Morgan fingerprint density at radius 2 is 1.62 bits per heavy atom. The number of ether oxygens (including phenoxy) is 3. The van der Waals surface area contributed by atoms with E-state index in [1.165, 1.54) is 33.5 Å². The van der Waals surface area contributed by atoms with Crippen molar-refractivity contribution >= 4 is 46.1 Å². The minimum Gasteiger partial charge on any atom is -0.493 e. The Kier molecular flexibility index (Phi) is 12.1. The summed E-state index contributed by atoms with van der Waals surface area (Å²) < 4.78 is 32.4. The Morgan fingerprint density at radius 3 is 2.31 bits per heavy atom. The van der Waals surface area contributed by atoms with E-state index < -0.39 is 0 Å². The van der Waals surface area contributed by atoms with Gasteiger partial charge in [-0.2, -0.15) is 0 Å². The van der Waals surface area contributed by atoms with Crippen LogP contribution < -0.4 is 19.1 Å². The van der Waals surface area contributed by atoms with Gasteiger partial charge >= 0.3 is 0 Å². The van der Waals surface area contributed by atoms with Crippen molar-refractivity contribution in [2.45, 2.75) is 25.3 Å². The predicted octanol–water partition coefficient (Wildman–Crippen LogP) is 8.01. The average molecular weight is 749 g/mol. The van der Waals surface area contributed by atoms with Crippen LogP contribution in [0.25, 0.3) is 11.0 Å². The molecule has 52 heavy (non-hydrogen) atoms. The van der Waals surface area contributed by atoms with Gasteiger partial charge in [0.05, 0.1) is 49.0 Å². The first-order valence-corrected chi connectivity index (χ1v) is 18.1. The Labute approximate surface area is 314 Å². The van der Waals surface area contributed by atoms with Crippen molar-refractivity contribution in [3.8, 4) is 17.2 Å². The fourth-order valence-electron chi connectivity index (χ4n) is 6.93. The molecule has 1 saturated heterocycles. The number of rotatable bonds is 13. The van der Waals surface area contributed by atoms with E-state index in [0.29, 0.717) is 45.9 Å². The number of hydrogen-bond donors (Lipinski definition) is 0. The first-order valence-electron chi connectivity index (χ1n) is 17.4. The lowest BCUT2D eigenvalue weighted by atomic mass is 9.94. The second kappa shape index (κ2) is 16.9. The van der Waals surface area contributed by atoms with Gasteiger partial charge in [0.25, 0.3) is 5.91 Å². The van der Waals surface area contributed by atoms with Crippen molar-refractivity contribution in [2.75, 3.05) is 72.5 Å². The van der Waals surface area contributed by atoms with E-state index in [0.717, 1.165) is 73.7 Å². The number of aromatic nitrogens is 2. The molecule has 0 saturated carbocycles. The van der Waals surface area contributed by atoms with Crippen LogP contribution in [0.15, 0.2) is 78.9 Å². The largest absolute Gasteiger partial charge is 0.493 e. The number of anilines is 1. The molecule has 0 radical (unpaired) electrons. The second-order valence-corrected chi connectivity index (χ2v) is 13.9. The monoisotopic (exact) mass is 747 g/mol. The molecule has 1 aromatic heterocycles. The number of carbonyl (C=O) groups excluding carboxylic acids is 1. The smallest absolute Gasteiger partial charge is 0.253 e. The van der Waals surface area contributed by atoms with Crippen LogP contribution >= 0.6 is 23.2 Å². The molecule has 2 heterocycles. The zero-order valence-corrected chi connectivity index (χ0v) is 31.5. The van der Waals surface area contributed by atoms with E-state index in [9.17, 15) is 9.18 Å². The van der Waals surface area contributed by atoms with Crippen LogP contribution in [-0.4, -0.2) is 92.9 Å². The number of carbonyl (C=O) groups is 1. The molecule has 1 amide bonds. The topological polar surface area (TPSA) is 72.3 Å². The summed E-state index contributed by atoms with van der Waals surface area (Å²) in [6.45, 7) is 5.36. The molecule has 1 fully saturated rings. The summed E-state index contributed by atoms with van der Waals surface area (Å²) in [4.78, 5) is 25.4. The number of benzene rings is 4. The zero-order chi connectivity index (χ0) is 36.8. The van der Waals surface area contributed by atoms with E-state index in [1.807, 2.05) is 48.5 Å². The van der Waals surface area contributed by atoms with Gasteiger partial charge in [-0.05, 0) is 85.6 Å². The molecule has 0 aliphatic carbocycles. The Morgan fingerprint density at radius 1 is 0.885 bits per heavy atom. The molecular formula is C40H44Cl2FN5O4. The molecule has 12 heteroatoms. The maximum absolute atomic E-state index is 13.8. The maximum atomic E-state index is 13.8. The minimum atomic E-state index is -0.245. The summed E-state index contributed by atoms with van der Waals surface area (Å²) in [6, 6.07) is 23.9. The highest BCUT2D eigenvalue weighted by molar-refractivity contribution is 6.42. The number of imidazole rings is 1. The highest BCUT2D eigenvalue weighted by Gasteiger charge is 2.25. The normalized spacial score (nSPS) is 14.2. The Balaban J connectivity index is 1.17. The minimum absolute atomic E-state index is 0.00924. The van der Waals surface area contributed by atoms with E-state index in [-0.39, 0.29) is 17.6 Å². The number of hydrogen-bond acceptors (Lipinski definition) is 7. The number of amides is 1. The van der Waals surface area contributed by atoms with Crippen molar-refractivity contribution in [3.05, 3.63) is 111 Å². The van der Waals surface area contributed by atoms with Gasteiger partial charge in [-0.3, -0.25) is 4.79 Å². The van der Waals surface area contributed by atoms with Crippen LogP contribution in [0.4, 0.5) is 10.3 Å². The van der Waals surface area contributed by atoms with Crippen molar-refractivity contribution in [2.24, 2.45) is 0 Å². The number of likely N-dealkylation sites (N-methyl/N-ethyl adjacent to an activating group) is 1. The maximum Gasteiger partial charge on any atom is 0.253 e. The van der Waals surface area contributed by atoms with Gasteiger partial charge in [0.1, 0.15) is 5.82 Å². The van der Waals surface area contributed by atoms with Crippen LogP contribution in [0.3, 0.4) is 0 Å². The van der Waals surface area contributed by atoms with Crippen LogP contribution in [0, 0.1) is 5.82 Å². The molecule has 0 N–H and O–H groups in total. The lowest BCUT2D eigenvalue weighted by Gasteiger charge is -2.28. The molecule has 1 atom stereocenters. The molecular weight excluding hydrogens is 704 g/mol. The van der Waals surface area contributed by atoms with E-state index in [2.05, 4.69) is 20.4 Å². The van der Waals surface area contributed by atoms with Gasteiger partial charge in [0.15, 0.2) is 11.5 Å². The van der Waals surface area contributed by atoms with E-state index in [1.54, 1.807) is 24.1 Å². The molecule has 9 nitrogen and oxygen atoms in total. The third-order valence-corrected chi connectivity index (χ3v) is 10.5. The summed E-state index contributed by atoms with van der Waals surface area (Å²) in [5.41, 5.74) is 4.46. The average Bonchev–Trinajstić information content (AvgIpc) is 3.35. The number of halogens is 3. The van der Waals surface area contributed by atoms with Gasteiger partial charge in [0, 0.05) is 44.7 Å². The second-order valence-electron chi connectivity index (χ2n) is 13.1. The molecule has 0 bridgehead atoms. The number of methoxy groups -OCH3 is 3. The van der Waals surface area contributed by atoms with Gasteiger partial charge in [-0.25, -0.2) is 9.37 Å². The summed E-state index contributed by atoms with van der Waals surface area (Å²) in [6.07, 6.45) is 1.77.